The van der Waals surface area contributed by atoms with E-state index in [-0.39, 0.29) is 5.78 Å². The number of fused-ring (bicyclic) bond motifs is 1. The molecular weight excluding hydrogens is 460 g/mol. The highest BCUT2D eigenvalue weighted by molar-refractivity contribution is 6.41. The Bertz CT molecular complexity index is 1270. The molecule has 3 aromatic carbocycles. The van der Waals surface area contributed by atoms with Gasteiger partial charge in [-0.3, -0.25) is 9.69 Å². The highest BCUT2D eigenvalue weighted by Crippen LogP contribution is 2.43. The minimum Gasteiger partial charge on any atom is -0.492 e. The van der Waals surface area contributed by atoms with Gasteiger partial charge in [0.05, 0.1) is 13.2 Å². The lowest BCUT2D eigenvalue weighted by Gasteiger charge is -2.26. The molecule has 4 nitrogen and oxygen atoms in total. The van der Waals surface area contributed by atoms with Crippen LogP contribution in [-0.4, -0.2) is 50.1 Å². The van der Waals surface area contributed by atoms with E-state index in [1.165, 1.54) is 6.07 Å². The van der Waals surface area contributed by atoms with E-state index in [1.807, 2.05) is 24.3 Å². The van der Waals surface area contributed by atoms with Gasteiger partial charge in [0.2, 0.25) is 0 Å². The lowest BCUT2D eigenvalue weighted by molar-refractivity contribution is 0.0322. The minimum absolute atomic E-state index is 0.260. The molecule has 0 radical (unpaired) electrons. The van der Waals surface area contributed by atoms with Gasteiger partial charge in [0.25, 0.3) is 0 Å². The van der Waals surface area contributed by atoms with Crippen LogP contribution in [0.3, 0.4) is 0 Å². The van der Waals surface area contributed by atoms with Crippen LogP contribution in [0, 0.1) is 11.6 Å². The quantitative estimate of drug-likeness (QED) is 0.467. The summed E-state index contributed by atoms with van der Waals surface area (Å²) in [6, 6.07) is 16.0. The van der Waals surface area contributed by atoms with E-state index in [9.17, 15) is 13.6 Å². The molecule has 0 saturated carbocycles. The van der Waals surface area contributed by atoms with Crippen LogP contribution in [0.1, 0.15) is 27.0 Å². The molecule has 0 aromatic heterocycles. The molecule has 0 bridgehead atoms. The summed E-state index contributed by atoms with van der Waals surface area (Å²) in [4.78, 5) is 15.8. The number of morpholine rings is 1. The first kappa shape index (κ1) is 22.7. The van der Waals surface area contributed by atoms with E-state index >= 15 is 0 Å². The zero-order valence-electron chi connectivity index (χ0n) is 18.3. The Morgan fingerprint density at radius 2 is 1.59 bits per heavy atom. The molecule has 7 heteroatoms. The summed E-state index contributed by atoms with van der Waals surface area (Å²) >= 11 is 6.06. The summed E-state index contributed by atoms with van der Waals surface area (Å²) in [6.45, 7) is 4.44. The Labute approximate surface area is 201 Å². The second-order valence-corrected chi connectivity index (χ2v) is 8.66. The van der Waals surface area contributed by atoms with Gasteiger partial charge in [0.1, 0.15) is 12.4 Å². The van der Waals surface area contributed by atoms with E-state index in [1.54, 1.807) is 18.2 Å². The van der Waals surface area contributed by atoms with Crippen molar-refractivity contribution in [1.82, 2.24) is 4.90 Å². The Hall–Kier alpha value is -3.06. The lowest BCUT2D eigenvalue weighted by Crippen LogP contribution is -2.38. The SMILES string of the molecule is O=C1C(c2ccc(F)c(F)c2)=C(c2ccc(Cl)cc2)c2ccc(OCCN3CCOCC3)cc21. The number of carbonyl (C=O) groups is 1. The van der Waals surface area contributed by atoms with Crippen LogP contribution in [0.25, 0.3) is 11.1 Å². The molecule has 0 unspecified atom stereocenters. The third kappa shape index (κ3) is 4.49. The molecule has 1 aliphatic carbocycles. The highest BCUT2D eigenvalue weighted by atomic mass is 35.5. The van der Waals surface area contributed by atoms with Crippen LogP contribution in [0.5, 0.6) is 5.75 Å². The maximum Gasteiger partial charge on any atom is 0.195 e. The first-order valence-electron chi connectivity index (χ1n) is 11.1. The zero-order chi connectivity index (χ0) is 23.7. The molecule has 34 heavy (non-hydrogen) atoms. The molecule has 1 saturated heterocycles. The van der Waals surface area contributed by atoms with Crippen molar-refractivity contribution in [2.24, 2.45) is 0 Å². The highest BCUT2D eigenvalue weighted by Gasteiger charge is 2.32. The maximum atomic E-state index is 14.1. The molecule has 1 heterocycles. The summed E-state index contributed by atoms with van der Waals surface area (Å²) in [5.41, 5.74) is 3.24. The van der Waals surface area contributed by atoms with Crippen molar-refractivity contribution in [3.63, 3.8) is 0 Å². The van der Waals surface area contributed by atoms with Gasteiger partial charge in [-0.05, 0) is 59.2 Å². The normalized spacial score (nSPS) is 16.1. The summed E-state index contributed by atoms with van der Waals surface area (Å²) in [6.07, 6.45) is 0. The van der Waals surface area contributed by atoms with E-state index in [0.29, 0.717) is 45.2 Å². The minimum atomic E-state index is -1.00. The summed E-state index contributed by atoms with van der Waals surface area (Å²) in [7, 11) is 0. The second kappa shape index (κ2) is 9.66. The molecule has 0 atom stereocenters. The molecule has 1 aliphatic heterocycles. The smallest absolute Gasteiger partial charge is 0.195 e. The number of ketones is 1. The van der Waals surface area contributed by atoms with Crippen LogP contribution in [0.4, 0.5) is 8.78 Å². The van der Waals surface area contributed by atoms with E-state index < -0.39 is 11.6 Å². The standard InChI is InChI=1S/C27H22ClF2NO3/c28-19-4-1-17(2-5-19)25-21-7-6-20(34-14-11-31-9-12-33-13-10-31)16-22(21)27(32)26(25)18-3-8-23(29)24(30)15-18/h1-8,15-16H,9-14H2. The number of hydrogen-bond donors (Lipinski definition) is 0. The van der Waals surface area contributed by atoms with E-state index in [0.717, 1.165) is 50.5 Å². The fraction of sp³-hybridized carbons (Fsp3) is 0.222. The first-order chi connectivity index (χ1) is 16.5. The Morgan fingerprint density at radius 1 is 0.853 bits per heavy atom. The third-order valence-corrected chi connectivity index (χ3v) is 6.36. The average molecular weight is 482 g/mol. The van der Waals surface area contributed by atoms with Gasteiger partial charge in [-0.1, -0.05) is 29.8 Å². The average Bonchev–Trinajstić information content (AvgIpc) is 3.14. The number of ether oxygens (including phenoxy) is 2. The summed E-state index contributed by atoms with van der Waals surface area (Å²) in [5.74, 6) is -1.64. The van der Waals surface area contributed by atoms with Gasteiger partial charge >= 0.3 is 0 Å². The van der Waals surface area contributed by atoms with Crippen molar-refractivity contribution < 1.29 is 23.0 Å². The number of carbonyl (C=O) groups excluding carboxylic acids is 1. The van der Waals surface area contributed by atoms with Crippen LogP contribution in [0.2, 0.25) is 5.02 Å². The number of allylic oxidation sites excluding steroid dienone is 1. The number of hydrogen-bond acceptors (Lipinski definition) is 4. The Balaban J connectivity index is 1.48. The molecule has 0 amide bonds. The number of benzene rings is 3. The van der Waals surface area contributed by atoms with Crippen LogP contribution in [-0.2, 0) is 4.74 Å². The van der Waals surface area contributed by atoms with Crippen LogP contribution >= 0.6 is 11.6 Å². The van der Waals surface area contributed by atoms with Gasteiger partial charge < -0.3 is 9.47 Å². The number of rotatable bonds is 6. The molecular formula is C27H22ClF2NO3. The van der Waals surface area contributed by atoms with Crippen molar-refractivity contribution >= 4 is 28.5 Å². The van der Waals surface area contributed by atoms with Crippen molar-refractivity contribution in [3.8, 4) is 5.75 Å². The van der Waals surface area contributed by atoms with Crippen molar-refractivity contribution in [1.29, 1.82) is 0 Å². The van der Waals surface area contributed by atoms with Gasteiger partial charge in [0, 0.05) is 41.4 Å². The molecule has 174 valence electrons. The third-order valence-electron chi connectivity index (χ3n) is 6.10. The molecule has 5 rings (SSSR count). The molecule has 3 aromatic rings. The predicted octanol–water partition coefficient (Wildman–Crippen LogP) is 5.48. The van der Waals surface area contributed by atoms with Crippen molar-refractivity contribution in [3.05, 3.63) is 99.6 Å². The zero-order valence-corrected chi connectivity index (χ0v) is 19.1. The van der Waals surface area contributed by atoms with Gasteiger partial charge in [-0.15, -0.1) is 0 Å². The molecule has 0 spiro atoms. The first-order valence-corrected chi connectivity index (χ1v) is 11.5. The van der Waals surface area contributed by atoms with E-state index in [4.69, 9.17) is 21.1 Å². The Kier molecular flexibility index (Phi) is 6.46. The van der Waals surface area contributed by atoms with Crippen LogP contribution < -0.4 is 4.74 Å². The lowest BCUT2D eigenvalue weighted by atomic mass is 9.94. The Morgan fingerprint density at radius 3 is 2.32 bits per heavy atom. The van der Waals surface area contributed by atoms with Gasteiger partial charge in [-0.25, -0.2) is 8.78 Å². The number of Topliss-reactive ketones (excluding diaryl/α,β-unsaturated/α-hetero) is 1. The van der Waals surface area contributed by atoms with Crippen molar-refractivity contribution in [2.45, 2.75) is 0 Å². The fourth-order valence-electron chi connectivity index (χ4n) is 4.36. The number of halogens is 3. The topological polar surface area (TPSA) is 38.8 Å². The summed E-state index contributed by atoms with van der Waals surface area (Å²) in [5, 5.41) is 0.562. The largest absolute Gasteiger partial charge is 0.492 e. The fourth-order valence-corrected chi connectivity index (χ4v) is 4.49. The van der Waals surface area contributed by atoms with Gasteiger partial charge in [-0.2, -0.15) is 0 Å². The van der Waals surface area contributed by atoms with E-state index in [2.05, 4.69) is 4.90 Å². The summed E-state index contributed by atoms with van der Waals surface area (Å²) < 4.78 is 39.0. The van der Waals surface area contributed by atoms with Gasteiger partial charge in [0.15, 0.2) is 17.4 Å². The second-order valence-electron chi connectivity index (χ2n) is 8.22. The number of nitrogens with zero attached hydrogens (tertiary/aromatic N) is 1. The molecule has 2 aliphatic rings. The molecule has 1 fully saturated rings. The maximum absolute atomic E-state index is 14.1. The monoisotopic (exact) mass is 481 g/mol. The van der Waals surface area contributed by atoms with Crippen LogP contribution in [0.15, 0.2) is 60.7 Å². The van der Waals surface area contributed by atoms with Crippen molar-refractivity contribution in [2.75, 3.05) is 39.5 Å². The predicted molar refractivity (Wildman–Crippen MR) is 127 cm³/mol. The molecule has 0 N–H and O–H groups in total.